The summed E-state index contributed by atoms with van der Waals surface area (Å²) in [7, 11) is 1.86. The van der Waals surface area contributed by atoms with Crippen molar-refractivity contribution in [1.29, 1.82) is 0 Å². The zero-order valence-electron chi connectivity index (χ0n) is 15.6. The molecule has 0 saturated carbocycles. The van der Waals surface area contributed by atoms with E-state index in [2.05, 4.69) is 41.1 Å². The fraction of sp³-hybridized carbons (Fsp3) is 0.611. The summed E-state index contributed by atoms with van der Waals surface area (Å²) in [5.41, 5.74) is 2.24. The summed E-state index contributed by atoms with van der Waals surface area (Å²) < 4.78 is 7.50. The lowest BCUT2D eigenvalue weighted by atomic mass is 10.1. The summed E-state index contributed by atoms with van der Waals surface area (Å²) in [5.74, 6) is -0.0983. The highest BCUT2D eigenvalue weighted by Crippen LogP contribution is 2.17. The van der Waals surface area contributed by atoms with E-state index in [0.717, 1.165) is 29.8 Å². The van der Waals surface area contributed by atoms with Crippen LogP contribution in [0.25, 0.3) is 11.0 Å². The molecular weight excluding hydrogens is 318 g/mol. The summed E-state index contributed by atoms with van der Waals surface area (Å²) in [6.45, 7) is 10.6. The molecular formula is C18H27N5O2. The lowest BCUT2D eigenvalue weighted by Crippen LogP contribution is -2.52. The minimum atomic E-state index is -0.0983. The lowest BCUT2D eigenvalue weighted by molar-refractivity contribution is -0.0778. The maximum Gasteiger partial charge on any atom is 0.252 e. The Morgan fingerprint density at radius 2 is 2.08 bits per heavy atom. The molecule has 1 amide bonds. The summed E-state index contributed by atoms with van der Waals surface area (Å²) >= 11 is 0. The Kier molecular flexibility index (Phi) is 5.06. The summed E-state index contributed by atoms with van der Waals surface area (Å²) in [5, 5.41) is 8.29. The van der Waals surface area contributed by atoms with Crippen LogP contribution in [0.2, 0.25) is 0 Å². The zero-order chi connectivity index (χ0) is 18.1. The highest BCUT2D eigenvalue weighted by molar-refractivity contribution is 5.97. The Labute approximate surface area is 148 Å². The second-order valence-electron chi connectivity index (χ2n) is 7.07. The Morgan fingerprint density at radius 1 is 1.40 bits per heavy atom. The molecule has 1 aliphatic rings. The molecule has 3 atom stereocenters. The number of carbonyl (C=O) groups excluding carboxylic acids is 1. The number of morpholine rings is 1. The molecule has 1 aliphatic heterocycles. The number of pyridine rings is 1. The number of nitrogens with zero attached hydrogens (tertiary/aromatic N) is 4. The van der Waals surface area contributed by atoms with Gasteiger partial charge in [0.15, 0.2) is 5.65 Å². The second-order valence-corrected chi connectivity index (χ2v) is 7.07. The first-order valence-electron chi connectivity index (χ1n) is 8.82. The van der Waals surface area contributed by atoms with Gasteiger partial charge in [0.2, 0.25) is 0 Å². The van der Waals surface area contributed by atoms with Crippen LogP contribution in [0.15, 0.2) is 12.3 Å². The first-order chi connectivity index (χ1) is 11.8. The maximum absolute atomic E-state index is 12.5. The van der Waals surface area contributed by atoms with Crippen molar-refractivity contribution < 1.29 is 9.53 Å². The van der Waals surface area contributed by atoms with Gasteiger partial charge in [-0.3, -0.25) is 14.4 Å². The number of amides is 1. The number of fused-ring (bicyclic) bond motifs is 1. The second kappa shape index (κ2) is 7.09. The Morgan fingerprint density at radius 3 is 2.76 bits per heavy atom. The number of nitrogens with one attached hydrogen (secondary N) is 1. The first-order valence-corrected chi connectivity index (χ1v) is 8.82. The maximum atomic E-state index is 12.5. The van der Waals surface area contributed by atoms with Gasteiger partial charge in [0.25, 0.3) is 5.91 Å². The molecule has 25 heavy (non-hydrogen) atoms. The average molecular weight is 345 g/mol. The van der Waals surface area contributed by atoms with Crippen molar-refractivity contribution in [3.63, 3.8) is 0 Å². The van der Waals surface area contributed by atoms with E-state index in [0.29, 0.717) is 12.1 Å². The number of carbonyl (C=O) groups is 1. The van der Waals surface area contributed by atoms with E-state index in [4.69, 9.17) is 4.74 Å². The minimum Gasteiger partial charge on any atom is -0.373 e. The van der Waals surface area contributed by atoms with E-state index in [1.54, 1.807) is 10.9 Å². The molecule has 0 bridgehead atoms. The van der Waals surface area contributed by atoms with Crippen LogP contribution in [-0.2, 0) is 11.8 Å². The van der Waals surface area contributed by atoms with E-state index in [-0.39, 0.29) is 24.2 Å². The standard InChI is InChI=1S/C18H27N5O2/c1-11(23-9-12(2)25-13(3)10-23)7-20-18(24)15-6-16-14(4)21-22(5)17(16)19-8-15/h6,8,11-13H,7,9-10H2,1-5H3,(H,20,24)/t11-,12+,13+/m0/s1. The predicted octanol–water partition coefficient (Wildman–Crippen LogP) is 1.50. The molecule has 0 radical (unpaired) electrons. The third-order valence-corrected chi connectivity index (χ3v) is 4.75. The fourth-order valence-electron chi connectivity index (χ4n) is 3.48. The fourth-order valence-corrected chi connectivity index (χ4v) is 3.48. The van der Waals surface area contributed by atoms with Crippen molar-refractivity contribution >= 4 is 16.9 Å². The van der Waals surface area contributed by atoms with Crippen LogP contribution in [-0.4, -0.2) is 63.5 Å². The van der Waals surface area contributed by atoms with Gasteiger partial charge in [-0.05, 0) is 33.8 Å². The summed E-state index contributed by atoms with van der Waals surface area (Å²) in [4.78, 5) is 19.2. The number of aryl methyl sites for hydroxylation is 2. The zero-order valence-corrected chi connectivity index (χ0v) is 15.6. The topological polar surface area (TPSA) is 72.3 Å². The highest BCUT2D eigenvalue weighted by Gasteiger charge is 2.26. The molecule has 7 nitrogen and oxygen atoms in total. The molecule has 7 heteroatoms. The van der Waals surface area contributed by atoms with Gasteiger partial charge in [-0.15, -0.1) is 0 Å². The van der Waals surface area contributed by atoms with Crippen LogP contribution in [0.5, 0.6) is 0 Å². The molecule has 1 saturated heterocycles. The monoisotopic (exact) mass is 345 g/mol. The van der Waals surface area contributed by atoms with Crippen molar-refractivity contribution in [3.8, 4) is 0 Å². The molecule has 3 heterocycles. The van der Waals surface area contributed by atoms with Gasteiger partial charge in [0, 0.05) is 44.3 Å². The van der Waals surface area contributed by atoms with Crippen LogP contribution in [0.1, 0.15) is 36.8 Å². The smallest absolute Gasteiger partial charge is 0.252 e. The molecule has 136 valence electrons. The van der Waals surface area contributed by atoms with Crippen LogP contribution < -0.4 is 5.32 Å². The number of ether oxygens (including phenoxy) is 1. The third-order valence-electron chi connectivity index (χ3n) is 4.75. The van der Waals surface area contributed by atoms with Gasteiger partial charge in [-0.25, -0.2) is 4.98 Å². The van der Waals surface area contributed by atoms with E-state index in [9.17, 15) is 4.79 Å². The quantitative estimate of drug-likeness (QED) is 0.909. The van der Waals surface area contributed by atoms with Crippen LogP contribution >= 0.6 is 0 Å². The predicted molar refractivity (Wildman–Crippen MR) is 96.6 cm³/mol. The van der Waals surface area contributed by atoms with Crippen molar-refractivity contribution in [2.45, 2.75) is 45.9 Å². The molecule has 2 aromatic rings. The molecule has 0 aromatic carbocycles. The van der Waals surface area contributed by atoms with E-state index in [1.807, 2.05) is 20.0 Å². The van der Waals surface area contributed by atoms with Crippen LogP contribution in [0, 0.1) is 6.92 Å². The van der Waals surface area contributed by atoms with Crippen LogP contribution in [0.4, 0.5) is 0 Å². The van der Waals surface area contributed by atoms with E-state index in [1.165, 1.54) is 0 Å². The van der Waals surface area contributed by atoms with Crippen molar-refractivity contribution in [2.75, 3.05) is 19.6 Å². The molecule has 1 N–H and O–H groups in total. The summed E-state index contributed by atoms with van der Waals surface area (Å²) in [6.07, 6.45) is 2.06. The van der Waals surface area contributed by atoms with Crippen molar-refractivity contribution in [3.05, 3.63) is 23.5 Å². The lowest BCUT2D eigenvalue weighted by Gasteiger charge is -2.39. The number of aromatic nitrogens is 3. The molecule has 3 rings (SSSR count). The van der Waals surface area contributed by atoms with Gasteiger partial charge < -0.3 is 10.1 Å². The number of hydrogen-bond acceptors (Lipinski definition) is 5. The summed E-state index contributed by atoms with van der Waals surface area (Å²) in [6, 6.07) is 2.12. The molecule has 1 fully saturated rings. The van der Waals surface area contributed by atoms with Gasteiger partial charge in [0.05, 0.1) is 23.5 Å². The first kappa shape index (κ1) is 17.8. The minimum absolute atomic E-state index is 0.0983. The molecule has 2 aromatic heterocycles. The Bertz CT molecular complexity index is 762. The Balaban J connectivity index is 1.63. The molecule has 0 aliphatic carbocycles. The Hall–Kier alpha value is -1.99. The van der Waals surface area contributed by atoms with E-state index < -0.39 is 0 Å². The molecule has 0 unspecified atom stereocenters. The number of rotatable bonds is 4. The van der Waals surface area contributed by atoms with Crippen LogP contribution in [0.3, 0.4) is 0 Å². The van der Waals surface area contributed by atoms with Gasteiger partial charge in [-0.2, -0.15) is 5.10 Å². The normalized spacial score (nSPS) is 22.9. The SMILES string of the molecule is Cc1nn(C)c2ncc(C(=O)NC[C@H](C)N3C[C@@H](C)O[C@H](C)C3)cc12. The van der Waals surface area contributed by atoms with Gasteiger partial charge >= 0.3 is 0 Å². The van der Waals surface area contributed by atoms with Crippen molar-refractivity contribution in [2.24, 2.45) is 7.05 Å². The third kappa shape index (κ3) is 3.82. The largest absolute Gasteiger partial charge is 0.373 e. The number of hydrogen-bond donors (Lipinski definition) is 1. The molecule has 0 spiro atoms. The van der Waals surface area contributed by atoms with Gasteiger partial charge in [-0.1, -0.05) is 0 Å². The highest BCUT2D eigenvalue weighted by atomic mass is 16.5. The van der Waals surface area contributed by atoms with Gasteiger partial charge in [0.1, 0.15) is 0 Å². The van der Waals surface area contributed by atoms with Crippen molar-refractivity contribution in [1.82, 2.24) is 25.0 Å². The van der Waals surface area contributed by atoms with E-state index >= 15 is 0 Å². The average Bonchev–Trinajstić information content (AvgIpc) is 2.85.